The number of nitrogens with one attached hydrogen (secondary N) is 1. The van der Waals surface area contributed by atoms with Gasteiger partial charge in [0.25, 0.3) is 11.8 Å². The molecule has 0 radical (unpaired) electrons. The number of anilines is 1. The Hall–Kier alpha value is -4.20. The number of aryl methyl sites for hydroxylation is 1. The molecule has 1 heterocycles. The molecule has 1 N–H and O–H groups in total. The smallest absolute Gasteiger partial charge is 0.311 e. The van der Waals surface area contributed by atoms with Crippen molar-refractivity contribution in [3.05, 3.63) is 89.7 Å². The molecule has 4 rings (SSSR count). The van der Waals surface area contributed by atoms with Gasteiger partial charge in [-0.15, -0.1) is 0 Å². The maximum atomic E-state index is 13.2. The van der Waals surface area contributed by atoms with Gasteiger partial charge in [-0.2, -0.15) is 0 Å². The molecule has 0 bridgehead atoms. The number of hydrogen-bond acceptors (Lipinski definition) is 5. The Morgan fingerprint density at radius 2 is 1.72 bits per heavy atom. The number of carbonyl (C=O) groups excluding carboxylic acids is 3. The van der Waals surface area contributed by atoms with Crippen molar-refractivity contribution >= 4 is 23.5 Å². The predicted octanol–water partition coefficient (Wildman–Crippen LogP) is 4.96. The van der Waals surface area contributed by atoms with Gasteiger partial charge in [-0.05, 0) is 68.3 Å². The molecule has 1 fully saturated rings. The minimum atomic E-state index is -0.536. The number of benzene rings is 3. The van der Waals surface area contributed by atoms with Gasteiger partial charge < -0.3 is 19.7 Å². The van der Waals surface area contributed by atoms with Crippen LogP contribution >= 0.6 is 0 Å². The zero-order chi connectivity index (χ0) is 25.5. The van der Waals surface area contributed by atoms with Crippen LogP contribution in [-0.2, 0) is 14.3 Å². The van der Waals surface area contributed by atoms with Gasteiger partial charge in [-0.25, -0.2) is 4.39 Å². The Balaban J connectivity index is 1.30. The molecule has 36 heavy (non-hydrogen) atoms. The first-order valence-electron chi connectivity index (χ1n) is 11.7. The zero-order valence-electron chi connectivity index (χ0n) is 19.9. The third-order valence-electron chi connectivity index (χ3n) is 5.89. The second-order valence-corrected chi connectivity index (χ2v) is 8.66. The average molecular weight is 491 g/mol. The van der Waals surface area contributed by atoms with Crippen molar-refractivity contribution in [2.75, 3.05) is 25.0 Å². The van der Waals surface area contributed by atoms with Crippen molar-refractivity contribution in [1.82, 2.24) is 4.90 Å². The molecule has 186 valence electrons. The Bertz CT molecular complexity index is 1230. The highest BCUT2D eigenvalue weighted by atomic mass is 19.1. The Morgan fingerprint density at radius 1 is 1.00 bits per heavy atom. The molecule has 1 unspecified atom stereocenters. The lowest BCUT2D eigenvalue weighted by Crippen LogP contribution is -2.43. The fourth-order valence-corrected chi connectivity index (χ4v) is 3.96. The van der Waals surface area contributed by atoms with E-state index in [1.807, 2.05) is 31.2 Å². The number of esters is 1. The summed E-state index contributed by atoms with van der Waals surface area (Å²) >= 11 is 0. The number of rotatable bonds is 7. The van der Waals surface area contributed by atoms with Crippen LogP contribution in [0.5, 0.6) is 11.5 Å². The molecule has 2 amide bonds. The number of halogens is 1. The van der Waals surface area contributed by atoms with Crippen molar-refractivity contribution in [3.63, 3.8) is 0 Å². The number of nitrogens with zero attached hydrogens (tertiary/aromatic N) is 1. The summed E-state index contributed by atoms with van der Waals surface area (Å²) in [5.74, 6) is -1.17. The lowest BCUT2D eigenvalue weighted by Gasteiger charge is -2.31. The van der Waals surface area contributed by atoms with Crippen LogP contribution in [0.15, 0.2) is 72.8 Å². The summed E-state index contributed by atoms with van der Waals surface area (Å²) in [5.41, 5.74) is 1.91. The van der Waals surface area contributed by atoms with E-state index >= 15 is 0 Å². The summed E-state index contributed by atoms with van der Waals surface area (Å²) in [4.78, 5) is 39.4. The predicted molar refractivity (Wildman–Crippen MR) is 132 cm³/mol. The molecular weight excluding hydrogens is 463 g/mol. The molecule has 1 saturated heterocycles. The molecule has 0 aromatic heterocycles. The van der Waals surface area contributed by atoms with E-state index in [0.717, 1.165) is 5.56 Å². The molecule has 3 aromatic rings. The van der Waals surface area contributed by atoms with Crippen LogP contribution in [-0.4, -0.2) is 42.4 Å². The molecule has 1 atom stereocenters. The van der Waals surface area contributed by atoms with Gasteiger partial charge in [0.1, 0.15) is 11.6 Å². The second kappa shape index (κ2) is 11.5. The average Bonchev–Trinajstić information content (AvgIpc) is 2.90. The van der Waals surface area contributed by atoms with E-state index in [1.165, 1.54) is 24.3 Å². The van der Waals surface area contributed by atoms with Crippen LogP contribution in [0.25, 0.3) is 0 Å². The van der Waals surface area contributed by atoms with E-state index in [0.29, 0.717) is 42.1 Å². The Morgan fingerprint density at radius 3 is 2.47 bits per heavy atom. The van der Waals surface area contributed by atoms with Gasteiger partial charge in [0.2, 0.25) is 0 Å². The van der Waals surface area contributed by atoms with E-state index in [-0.39, 0.29) is 12.5 Å². The first-order valence-corrected chi connectivity index (χ1v) is 11.7. The molecule has 7 nitrogen and oxygen atoms in total. The largest absolute Gasteiger partial charge is 0.455 e. The van der Waals surface area contributed by atoms with Crippen molar-refractivity contribution < 1.29 is 28.2 Å². The van der Waals surface area contributed by atoms with Gasteiger partial charge in [0, 0.05) is 18.7 Å². The van der Waals surface area contributed by atoms with Crippen molar-refractivity contribution in [2.45, 2.75) is 19.8 Å². The summed E-state index contributed by atoms with van der Waals surface area (Å²) in [5, 5.41) is 2.72. The highest BCUT2D eigenvalue weighted by molar-refractivity contribution is 5.95. The molecule has 0 aliphatic carbocycles. The number of para-hydroxylation sites is 2. The zero-order valence-corrected chi connectivity index (χ0v) is 19.9. The highest BCUT2D eigenvalue weighted by Gasteiger charge is 2.30. The molecule has 8 heteroatoms. The summed E-state index contributed by atoms with van der Waals surface area (Å²) < 4.78 is 24.3. The summed E-state index contributed by atoms with van der Waals surface area (Å²) in [6.07, 6.45) is 1.18. The molecule has 0 saturated carbocycles. The normalized spacial score (nSPS) is 15.2. The topological polar surface area (TPSA) is 84.9 Å². The van der Waals surface area contributed by atoms with Gasteiger partial charge >= 0.3 is 5.97 Å². The van der Waals surface area contributed by atoms with Crippen LogP contribution in [0, 0.1) is 18.7 Å². The summed E-state index contributed by atoms with van der Waals surface area (Å²) in [7, 11) is 0. The third kappa shape index (κ3) is 6.47. The summed E-state index contributed by atoms with van der Waals surface area (Å²) in [6, 6.07) is 19.8. The Labute approximate surface area is 208 Å². The number of ether oxygens (including phenoxy) is 2. The first-order chi connectivity index (χ1) is 17.4. The van der Waals surface area contributed by atoms with E-state index in [1.54, 1.807) is 29.2 Å². The summed E-state index contributed by atoms with van der Waals surface area (Å²) in [6.45, 7) is 2.20. The number of piperidine rings is 1. The number of carbonyl (C=O) groups is 3. The van der Waals surface area contributed by atoms with Crippen molar-refractivity contribution in [3.8, 4) is 11.5 Å². The van der Waals surface area contributed by atoms with Crippen molar-refractivity contribution in [2.24, 2.45) is 5.92 Å². The molecule has 1 aliphatic rings. The van der Waals surface area contributed by atoms with Crippen LogP contribution in [0.1, 0.15) is 28.8 Å². The minimum Gasteiger partial charge on any atom is -0.455 e. The minimum absolute atomic E-state index is 0.184. The number of amides is 2. The standard InChI is InChI=1S/C28H27FN2O5/c1-19-8-14-23(15-9-19)36-25-7-3-2-6-24(25)30-26(32)18-35-28(34)21-5-4-16-31(17-21)27(33)20-10-12-22(29)13-11-20/h2-3,6-15,21H,4-5,16-18H2,1H3,(H,30,32). The molecule has 3 aromatic carbocycles. The Kier molecular flexibility index (Phi) is 7.95. The second-order valence-electron chi connectivity index (χ2n) is 8.66. The molecular formula is C28H27FN2O5. The van der Waals surface area contributed by atoms with Gasteiger partial charge in [0.15, 0.2) is 12.4 Å². The van der Waals surface area contributed by atoms with Crippen LogP contribution in [0.3, 0.4) is 0 Å². The van der Waals surface area contributed by atoms with Crippen LogP contribution in [0.2, 0.25) is 0 Å². The molecule has 1 aliphatic heterocycles. The monoisotopic (exact) mass is 490 g/mol. The molecule has 0 spiro atoms. The highest BCUT2D eigenvalue weighted by Crippen LogP contribution is 2.29. The van der Waals surface area contributed by atoms with Crippen LogP contribution < -0.4 is 10.1 Å². The number of likely N-dealkylation sites (tertiary alicyclic amines) is 1. The first kappa shape index (κ1) is 24.9. The fourth-order valence-electron chi connectivity index (χ4n) is 3.96. The fraction of sp³-hybridized carbons (Fsp3) is 0.250. The lowest BCUT2D eigenvalue weighted by atomic mass is 9.97. The van der Waals surface area contributed by atoms with E-state index < -0.39 is 30.2 Å². The van der Waals surface area contributed by atoms with Crippen LogP contribution in [0.4, 0.5) is 10.1 Å². The van der Waals surface area contributed by atoms with E-state index in [9.17, 15) is 18.8 Å². The van der Waals surface area contributed by atoms with Gasteiger partial charge in [0.05, 0.1) is 11.6 Å². The third-order valence-corrected chi connectivity index (χ3v) is 5.89. The van der Waals surface area contributed by atoms with E-state index in [2.05, 4.69) is 5.32 Å². The quantitative estimate of drug-likeness (QED) is 0.473. The number of hydrogen-bond donors (Lipinski definition) is 1. The SMILES string of the molecule is Cc1ccc(Oc2ccccc2NC(=O)COC(=O)C2CCCN(C(=O)c3ccc(F)cc3)C2)cc1. The maximum Gasteiger partial charge on any atom is 0.311 e. The lowest BCUT2D eigenvalue weighted by molar-refractivity contribution is -0.152. The van der Waals surface area contributed by atoms with Crippen molar-refractivity contribution in [1.29, 1.82) is 0 Å². The maximum absolute atomic E-state index is 13.2. The van der Waals surface area contributed by atoms with E-state index in [4.69, 9.17) is 9.47 Å². The van der Waals surface area contributed by atoms with Gasteiger partial charge in [-0.1, -0.05) is 29.8 Å². The van der Waals surface area contributed by atoms with Gasteiger partial charge in [-0.3, -0.25) is 14.4 Å².